The second kappa shape index (κ2) is 9.23. The second-order valence-corrected chi connectivity index (χ2v) is 7.06. The molecule has 1 saturated heterocycles. The van der Waals surface area contributed by atoms with E-state index in [2.05, 4.69) is 5.32 Å². The number of alkyl halides is 3. The van der Waals surface area contributed by atoms with Crippen LogP contribution in [0.15, 0.2) is 0 Å². The third-order valence-electron chi connectivity index (χ3n) is 4.97. The van der Waals surface area contributed by atoms with Crippen LogP contribution in [0, 0.1) is 5.92 Å². The predicted octanol–water partition coefficient (Wildman–Crippen LogP) is 1.74. The maximum absolute atomic E-state index is 12.3. The molecule has 2 rings (SSSR count). The average Bonchev–Trinajstić information content (AvgIpc) is 3.07. The molecular weight excluding hydrogens is 351 g/mol. The van der Waals surface area contributed by atoms with Crippen LogP contribution in [0.1, 0.15) is 51.4 Å². The highest BCUT2D eigenvalue weighted by atomic mass is 19.4. The third-order valence-corrected chi connectivity index (χ3v) is 4.97. The van der Waals surface area contributed by atoms with Crippen LogP contribution in [-0.2, 0) is 14.4 Å². The number of nitrogens with one attached hydrogen (secondary N) is 2. The third kappa shape index (κ3) is 6.49. The summed E-state index contributed by atoms with van der Waals surface area (Å²) in [5.74, 6) is -1.08. The zero-order valence-corrected chi connectivity index (χ0v) is 14.7. The Morgan fingerprint density at radius 3 is 2.31 bits per heavy atom. The number of likely N-dealkylation sites (tertiary alicyclic amines) is 1. The van der Waals surface area contributed by atoms with E-state index >= 15 is 0 Å². The Morgan fingerprint density at radius 2 is 1.65 bits per heavy atom. The van der Waals surface area contributed by atoms with E-state index in [4.69, 9.17) is 0 Å². The topological polar surface area (TPSA) is 78.5 Å². The van der Waals surface area contributed by atoms with Crippen LogP contribution in [-0.4, -0.2) is 54.5 Å². The van der Waals surface area contributed by atoms with Crippen LogP contribution in [0.25, 0.3) is 0 Å². The van der Waals surface area contributed by atoms with Gasteiger partial charge in [-0.05, 0) is 31.6 Å². The van der Waals surface area contributed by atoms with E-state index in [1.165, 1.54) is 11.3 Å². The van der Waals surface area contributed by atoms with Crippen molar-refractivity contribution in [3.63, 3.8) is 0 Å². The normalized spacial score (nSPS) is 21.5. The molecule has 1 heterocycles. The lowest BCUT2D eigenvalue weighted by Crippen LogP contribution is -2.50. The largest absolute Gasteiger partial charge is 0.405 e. The lowest BCUT2D eigenvalue weighted by atomic mass is 9.87. The minimum atomic E-state index is -4.49. The lowest BCUT2D eigenvalue weighted by molar-refractivity contribution is -0.144. The van der Waals surface area contributed by atoms with E-state index in [1.807, 2.05) is 5.32 Å². The molecule has 0 radical (unpaired) electrons. The van der Waals surface area contributed by atoms with Gasteiger partial charge in [-0.1, -0.05) is 19.3 Å². The second-order valence-electron chi connectivity index (χ2n) is 7.06. The van der Waals surface area contributed by atoms with Crippen molar-refractivity contribution in [2.75, 3.05) is 19.6 Å². The van der Waals surface area contributed by atoms with Crippen LogP contribution < -0.4 is 10.6 Å². The average molecular weight is 377 g/mol. The Hall–Kier alpha value is -1.80. The summed E-state index contributed by atoms with van der Waals surface area (Å²) in [4.78, 5) is 37.4. The number of carbonyl (C=O) groups is 3. The summed E-state index contributed by atoms with van der Waals surface area (Å²) in [6.45, 7) is -1.33. The predicted molar refractivity (Wildman–Crippen MR) is 88.0 cm³/mol. The first-order valence-corrected chi connectivity index (χ1v) is 9.17. The van der Waals surface area contributed by atoms with Crippen molar-refractivity contribution in [1.82, 2.24) is 15.5 Å². The van der Waals surface area contributed by atoms with Gasteiger partial charge >= 0.3 is 6.18 Å². The Labute approximate surface area is 150 Å². The first kappa shape index (κ1) is 20.5. The van der Waals surface area contributed by atoms with E-state index in [0.717, 1.165) is 25.7 Å². The van der Waals surface area contributed by atoms with Crippen molar-refractivity contribution in [3.05, 3.63) is 0 Å². The maximum Gasteiger partial charge on any atom is 0.405 e. The number of hydrogen-bond donors (Lipinski definition) is 2. The summed E-state index contributed by atoms with van der Waals surface area (Å²) in [7, 11) is 0. The van der Waals surface area contributed by atoms with Crippen molar-refractivity contribution in [2.45, 2.75) is 63.6 Å². The molecule has 9 heteroatoms. The van der Waals surface area contributed by atoms with Gasteiger partial charge in [0.1, 0.15) is 12.6 Å². The molecule has 1 saturated carbocycles. The Bertz CT molecular complexity index is 519. The summed E-state index contributed by atoms with van der Waals surface area (Å²) < 4.78 is 36.7. The number of carbonyl (C=O) groups excluding carboxylic acids is 3. The Morgan fingerprint density at radius 1 is 0.962 bits per heavy atom. The Kier molecular flexibility index (Phi) is 7.28. The molecule has 148 valence electrons. The van der Waals surface area contributed by atoms with Gasteiger partial charge in [-0.2, -0.15) is 13.2 Å². The molecule has 26 heavy (non-hydrogen) atoms. The van der Waals surface area contributed by atoms with Crippen molar-refractivity contribution in [3.8, 4) is 0 Å². The van der Waals surface area contributed by atoms with Gasteiger partial charge in [-0.25, -0.2) is 0 Å². The number of hydrogen-bond acceptors (Lipinski definition) is 3. The van der Waals surface area contributed by atoms with Gasteiger partial charge in [0.25, 0.3) is 0 Å². The number of amides is 3. The molecule has 6 nitrogen and oxygen atoms in total. The van der Waals surface area contributed by atoms with Gasteiger partial charge in [0.05, 0.1) is 6.54 Å². The van der Waals surface area contributed by atoms with Gasteiger partial charge in [-0.3, -0.25) is 14.4 Å². The molecular formula is C17H26F3N3O3. The Balaban J connectivity index is 1.76. The van der Waals surface area contributed by atoms with Gasteiger partial charge in [0.15, 0.2) is 0 Å². The van der Waals surface area contributed by atoms with Gasteiger partial charge in [0, 0.05) is 13.0 Å². The minimum Gasteiger partial charge on any atom is -0.347 e. The lowest BCUT2D eigenvalue weighted by Gasteiger charge is -2.25. The van der Waals surface area contributed by atoms with E-state index in [-0.39, 0.29) is 12.5 Å². The number of rotatable bonds is 6. The molecule has 1 aliphatic heterocycles. The quantitative estimate of drug-likeness (QED) is 0.740. The smallest absolute Gasteiger partial charge is 0.347 e. The van der Waals surface area contributed by atoms with Crippen LogP contribution >= 0.6 is 0 Å². The molecule has 2 N–H and O–H groups in total. The number of halogens is 3. The zero-order valence-electron chi connectivity index (χ0n) is 14.7. The molecule has 0 spiro atoms. The summed E-state index contributed by atoms with van der Waals surface area (Å²) in [5.41, 5.74) is 0. The molecule has 0 aromatic rings. The number of nitrogens with zero attached hydrogens (tertiary/aromatic N) is 1. The first-order valence-electron chi connectivity index (χ1n) is 9.17. The van der Waals surface area contributed by atoms with Gasteiger partial charge in [0.2, 0.25) is 17.7 Å². The van der Waals surface area contributed by atoms with Crippen LogP contribution in [0.3, 0.4) is 0 Å². The standard InChI is InChI=1S/C17H26F3N3O3/c18-17(19,20)11-22-16(26)13-7-4-8-23(13)15(25)10-21-14(24)9-12-5-2-1-3-6-12/h12-13H,1-11H2,(H,21,24)(H,22,26). The van der Waals surface area contributed by atoms with E-state index in [9.17, 15) is 27.6 Å². The van der Waals surface area contributed by atoms with Crippen LogP contribution in [0.2, 0.25) is 0 Å². The molecule has 0 aromatic carbocycles. The molecule has 2 fully saturated rings. The van der Waals surface area contributed by atoms with Crippen molar-refractivity contribution in [2.24, 2.45) is 5.92 Å². The monoisotopic (exact) mass is 377 g/mol. The van der Waals surface area contributed by atoms with Crippen LogP contribution in [0.4, 0.5) is 13.2 Å². The van der Waals surface area contributed by atoms with E-state index < -0.39 is 30.6 Å². The molecule has 1 atom stereocenters. The maximum atomic E-state index is 12.3. The molecule has 1 unspecified atom stereocenters. The van der Waals surface area contributed by atoms with Gasteiger partial charge in [-0.15, -0.1) is 0 Å². The molecule has 1 aliphatic carbocycles. The molecule has 0 aromatic heterocycles. The highest BCUT2D eigenvalue weighted by Gasteiger charge is 2.36. The fraction of sp³-hybridized carbons (Fsp3) is 0.824. The van der Waals surface area contributed by atoms with Gasteiger partial charge < -0.3 is 15.5 Å². The highest BCUT2D eigenvalue weighted by molar-refractivity contribution is 5.90. The molecule has 2 aliphatic rings. The summed E-state index contributed by atoms with van der Waals surface area (Å²) >= 11 is 0. The highest BCUT2D eigenvalue weighted by Crippen LogP contribution is 2.26. The SMILES string of the molecule is O=C(CC1CCCCC1)NCC(=O)N1CCCC1C(=O)NCC(F)(F)F. The molecule has 0 bridgehead atoms. The van der Waals surface area contributed by atoms with E-state index in [0.29, 0.717) is 31.7 Å². The minimum absolute atomic E-state index is 0.192. The van der Waals surface area contributed by atoms with E-state index in [1.54, 1.807) is 0 Å². The fourth-order valence-corrected chi connectivity index (χ4v) is 3.64. The zero-order chi connectivity index (χ0) is 19.2. The van der Waals surface area contributed by atoms with Crippen molar-refractivity contribution < 1.29 is 27.6 Å². The van der Waals surface area contributed by atoms with Crippen LogP contribution in [0.5, 0.6) is 0 Å². The summed E-state index contributed by atoms with van der Waals surface area (Å²) in [6.07, 6.45) is 2.27. The summed E-state index contributed by atoms with van der Waals surface area (Å²) in [5, 5.41) is 4.40. The first-order chi connectivity index (χ1) is 12.3. The molecule has 3 amide bonds. The summed E-state index contributed by atoms with van der Waals surface area (Å²) in [6, 6.07) is -0.903. The van der Waals surface area contributed by atoms with Crippen molar-refractivity contribution in [1.29, 1.82) is 0 Å². The van der Waals surface area contributed by atoms with Crippen molar-refractivity contribution >= 4 is 17.7 Å². The fourth-order valence-electron chi connectivity index (χ4n) is 3.64.